The Balaban J connectivity index is 0.00000399. The van der Waals surface area contributed by atoms with Crippen molar-refractivity contribution >= 4 is 35.3 Å². The van der Waals surface area contributed by atoms with E-state index in [9.17, 15) is 9.59 Å². The van der Waals surface area contributed by atoms with Gasteiger partial charge in [-0.15, -0.1) is 0 Å². The average molecular weight is 760 g/mol. The first-order valence-electron chi connectivity index (χ1n) is 18.9. The molecular formula is C40H57N9O6. The summed E-state index contributed by atoms with van der Waals surface area (Å²) < 4.78 is 22.0. The van der Waals surface area contributed by atoms with Crippen molar-refractivity contribution in [3.8, 4) is 0 Å². The Bertz CT molecular complexity index is 1600. The number of carbonyl (C=O) groups is 2. The Morgan fingerprint density at radius 1 is 0.545 bits per heavy atom. The molecule has 3 aromatic carbocycles. The van der Waals surface area contributed by atoms with E-state index in [1.54, 1.807) is 36.4 Å². The van der Waals surface area contributed by atoms with E-state index in [1.807, 2.05) is 50.2 Å². The molecule has 1 aromatic heterocycles. The molecule has 15 nitrogen and oxygen atoms in total. The van der Waals surface area contributed by atoms with E-state index >= 15 is 0 Å². The molecule has 55 heavy (non-hydrogen) atoms. The molecule has 4 rings (SSSR count). The molecule has 0 saturated carbocycles. The quantitative estimate of drug-likeness (QED) is 0.0472. The number of ether oxygens (including phenoxy) is 4. The third-order valence-corrected chi connectivity index (χ3v) is 7.44. The predicted octanol–water partition coefficient (Wildman–Crippen LogP) is 4.28. The Morgan fingerprint density at radius 3 is 1.58 bits per heavy atom. The van der Waals surface area contributed by atoms with Crippen molar-refractivity contribution < 1.29 is 28.5 Å². The van der Waals surface area contributed by atoms with Crippen LogP contribution >= 0.6 is 0 Å². The summed E-state index contributed by atoms with van der Waals surface area (Å²) in [5, 5.41) is 15.4. The number of anilines is 4. The van der Waals surface area contributed by atoms with Crippen molar-refractivity contribution in [2.75, 3.05) is 102 Å². The minimum Gasteiger partial charge on any atom is -0.378 e. The van der Waals surface area contributed by atoms with Crippen LogP contribution in [0.5, 0.6) is 0 Å². The molecule has 1 heterocycles. The zero-order valence-electron chi connectivity index (χ0n) is 32.1. The predicted molar refractivity (Wildman–Crippen MR) is 216 cm³/mol. The van der Waals surface area contributed by atoms with Gasteiger partial charge in [-0.05, 0) is 54.8 Å². The maximum absolute atomic E-state index is 12.6. The largest absolute Gasteiger partial charge is 0.378 e. The molecule has 0 aliphatic carbocycles. The average Bonchev–Trinajstić information content (AvgIpc) is 3.22. The van der Waals surface area contributed by atoms with Gasteiger partial charge in [0.1, 0.15) is 0 Å². The summed E-state index contributed by atoms with van der Waals surface area (Å²) in [7, 11) is 0. The first-order valence-corrected chi connectivity index (χ1v) is 18.9. The molecule has 4 aromatic rings. The van der Waals surface area contributed by atoms with E-state index in [4.69, 9.17) is 24.7 Å². The highest BCUT2D eigenvalue weighted by atomic mass is 16.5. The number of amides is 2. The van der Waals surface area contributed by atoms with E-state index in [1.165, 1.54) is 5.56 Å². The summed E-state index contributed by atoms with van der Waals surface area (Å²) in [6.07, 6.45) is 1.82. The number of hydrogen-bond acceptors (Lipinski definition) is 13. The SMILES string of the molecule is CC.NCCOCCOCCNC(=O)c1ccc(Nc2nc(NCCCc3ccccc3)nc(NCCOCCOCCNC(=O)c3ccccc3)n2)cc1. The van der Waals surface area contributed by atoms with Crippen molar-refractivity contribution in [2.45, 2.75) is 26.7 Å². The molecule has 0 radical (unpaired) electrons. The molecule has 0 aliphatic heterocycles. The number of rotatable bonds is 27. The molecule has 0 bridgehead atoms. The van der Waals surface area contributed by atoms with Crippen molar-refractivity contribution in [1.29, 1.82) is 0 Å². The number of hydrogen-bond donors (Lipinski definition) is 6. The lowest BCUT2D eigenvalue weighted by Crippen LogP contribution is -2.27. The Morgan fingerprint density at radius 2 is 1.02 bits per heavy atom. The van der Waals surface area contributed by atoms with E-state index < -0.39 is 0 Å². The van der Waals surface area contributed by atoms with E-state index in [2.05, 4.69) is 53.7 Å². The van der Waals surface area contributed by atoms with Gasteiger partial charge in [0.05, 0.1) is 52.9 Å². The summed E-state index contributed by atoms with van der Waals surface area (Å²) in [5.74, 6) is 0.819. The third kappa shape index (κ3) is 19.1. The zero-order chi connectivity index (χ0) is 39.2. The number of nitrogens with two attached hydrogens (primary N) is 1. The Hall–Kier alpha value is -5.19. The van der Waals surface area contributed by atoms with Gasteiger partial charge in [-0.25, -0.2) is 0 Å². The molecule has 0 fully saturated rings. The minimum absolute atomic E-state index is 0.129. The molecule has 7 N–H and O–H groups in total. The highest BCUT2D eigenvalue weighted by Gasteiger charge is 2.10. The van der Waals surface area contributed by atoms with Gasteiger partial charge >= 0.3 is 0 Å². The van der Waals surface area contributed by atoms with Crippen molar-refractivity contribution in [3.63, 3.8) is 0 Å². The highest BCUT2D eigenvalue weighted by molar-refractivity contribution is 5.94. The molecule has 15 heteroatoms. The standard InChI is InChI=1S/C38H51N9O6.C2H6/c39-17-22-50-26-27-51-24-20-41-35(49)32-13-15-33(16-14-32)44-38-46-36(42-18-7-10-30-8-3-1-4-9-30)45-37(47-38)43-21-25-53-29-28-52-23-19-40-34(48)31-11-5-2-6-12-31;1-2/h1-6,8-9,11-16H,7,10,17-29,39H2,(H,40,48)(H,41,49)(H3,42,43,44,45,46,47);1-2H3. The molecule has 298 valence electrons. The summed E-state index contributed by atoms with van der Waals surface area (Å²) in [6.45, 7) is 9.79. The Kier molecular flexibility index (Phi) is 22.7. The first kappa shape index (κ1) is 44.2. The number of aromatic nitrogens is 3. The smallest absolute Gasteiger partial charge is 0.251 e. The monoisotopic (exact) mass is 759 g/mol. The summed E-state index contributed by atoms with van der Waals surface area (Å²) in [5.41, 5.74) is 8.49. The molecule has 0 saturated heterocycles. The maximum atomic E-state index is 12.6. The molecule has 2 amide bonds. The van der Waals surface area contributed by atoms with Crippen LogP contribution in [0.2, 0.25) is 0 Å². The van der Waals surface area contributed by atoms with Crippen LogP contribution < -0.4 is 32.3 Å². The maximum Gasteiger partial charge on any atom is 0.251 e. The summed E-state index contributed by atoms with van der Waals surface area (Å²) >= 11 is 0. The molecular weight excluding hydrogens is 702 g/mol. The molecule has 0 unspecified atom stereocenters. The van der Waals surface area contributed by atoms with Gasteiger partial charge in [0, 0.05) is 49.5 Å². The zero-order valence-corrected chi connectivity index (χ0v) is 32.1. The van der Waals surface area contributed by atoms with Gasteiger partial charge in [0.2, 0.25) is 17.8 Å². The lowest BCUT2D eigenvalue weighted by molar-refractivity contribution is 0.0511. The van der Waals surface area contributed by atoms with Crippen LogP contribution in [0.4, 0.5) is 23.5 Å². The van der Waals surface area contributed by atoms with E-state index in [0.29, 0.717) is 120 Å². The van der Waals surface area contributed by atoms with Crippen molar-refractivity contribution in [1.82, 2.24) is 25.6 Å². The van der Waals surface area contributed by atoms with Crippen molar-refractivity contribution in [2.24, 2.45) is 5.73 Å². The van der Waals surface area contributed by atoms with Crippen LogP contribution in [0.3, 0.4) is 0 Å². The fraction of sp³-hybridized carbons (Fsp3) is 0.425. The van der Waals surface area contributed by atoms with Crippen LogP contribution in [0.1, 0.15) is 46.5 Å². The van der Waals surface area contributed by atoms with Crippen LogP contribution in [-0.2, 0) is 25.4 Å². The number of aryl methyl sites for hydroxylation is 1. The van der Waals surface area contributed by atoms with E-state index in [-0.39, 0.29) is 11.8 Å². The van der Waals surface area contributed by atoms with Gasteiger partial charge < -0.3 is 51.3 Å². The number of nitrogens with zero attached hydrogens (tertiary/aromatic N) is 3. The van der Waals surface area contributed by atoms with Gasteiger partial charge in [-0.1, -0.05) is 62.4 Å². The second-order valence-electron chi connectivity index (χ2n) is 11.6. The second-order valence-corrected chi connectivity index (χ2v) is 11.6. The molecule has 0 aliphatic rings. The minimum atomic E-state index is -0.200. The summed E-state index contributed by atoms with van der Waals surface area (Å²) in [4.78, 5) is 38.3. The fourth-order valence-corrected chi connectivity index (χ4v) is 4.79. The van der Waals surface area contributed by atoms with E-state index in [0.717, 1.165) is 12.8 Å². The highest BCUT2D eigenvalue weighted by Crippen LogP contribution is 2.17. The molecule has 0 atom stereocenters. The van der Waals surface area contributed by atoms with Crippen LogP contribution in [-0.4, -0.2) is 112 Å². The van der Waals surface area contributed by atoms with Crippen LogP contribution in [0.25, 0.3) is 0 Å². The van der Waals surface area contributed by atoms with Crippen LogP contribution in [0, 0.1) is 0 Å². The van der Waals surface area contributed by atoms with Crippen LogP contribution in [0.15, 0.2) is 84.9 Å². The second kappa shape index (κ2) is 28.3. The first-order chi connectivity index (χ1) is 27.1. The third-order valence-electron chi connectivity index (χ3n) is 7.44. The van der Waals surface area contributed by atoms with Gasteiger partial charge in [0.25, 0.3) is 11.8 Å². The fourth-order valence-electron chi connectivity index (χ4n) is 4.79. The topological polar surface area (TPSA) is 196 Å². The van der Waals surface area contributed by atoms with Gasteiger partial charge in [-0.2, -0.15) is 15.0 Å². The summed E-state index contributed by atoms with van der Waals surface area (Å²) in [6, 6.07) is 26.4. The lowest BCUT2D eigenvalue weighted by Gasteiger charge is -2.12. The number of carbonyl (C=O) groups excluding carboxylic acids is 2. The van der Waals surface area contributed by atoms with Gasteiger partial charge in [-0.3, -0.25) is 9.59 Å². The molecule has 0 spiro atoms. The number of nitrogens with one attached hydrogen (secondary N) is 5. The number of benzene rings is 3. The normalized spacial score (nSPS) is 10.5. The van der Waals surface area contributed by atoms with Gasteiger partial charge in [0.15, 0.2) is 0 Å². The van der Waals surface area contributed by atoms with Crippen molar-refractivity contribution in [3.05, 3.63) is 102 Å². The lowest BCUT2D eigenvalue weighted by atomic mass is 10.1. The Labute approximate surface area is 324 Å².